The van der Waals surface area contributed by atoms with E-state index in [9.17, 15) is 102 Å². The largest absolute Gasteiger partial charge is 0.326 e. The summed E-state index contributed by atoms with van der Waals surface area (Å²) in [6, 6.07) is 36.6. The molecule has 8 aliphatic rings. The number of nitrogens with zero attached hydrogens (tertiary/aromatic N) is 6. The van der Waals surface area contributed by atoms with Gasteiger partial charge in [-0.1, -0.05) is 85.0 Å². The molecule has 108 heavy (non-hydrogen) atoms. The van der Waals surface area contributed by atoms with Crippen molar-refractivity contribution in [3.05, 3.63) is 274 Å². The second-order valence-electron chi connectivity index (χ2n) is 25.2. The predicted molar refractivity (Wildman–Crippen MR) is 390 cm³/mol. The SMILES string of the molecule is CC(=O)Nc1ccc(C2=CN(S(=O)(=O)c3ccccc3)C3C=CC(=O)C(=O)C23)cc1.CC(=O)Nc1ccc(C2=CN(S(C)(=O)=O)C3C=CC(=O)C(=O)C23)cc1.CS(=O)(=O)N1C=C(c2ccc([N+](=O)[O-])cc2)C2C(=O)C(=O)C=CC21.O=C1C=CC2C(C1=O)C(c1ccc([N+](=O)[O-])cc1)=CN2S(=O)(=O)c1ccccc1. The normalized spacial score (nSPS) is 21.8. The van der Waals surface area contributed by atoms with Crippen LogP contribution in [-0.4, -0.2) is 155 Å². The van der Waals surface area contributed by atoms with E-state index in [1.54, 1.807) is 84.9 Å². The van der Waals surface area contributed by atoms with Gasteiger partial charge in [0, 0.05) is 74.3 Å². The summed E-state index contributed by atoms with van der Waals surface area (Å²) in [5.41, 5.74) is 4.58. The zero-order valence-electron chi connectivity index (χ0n) is 56.9. The number of nitro benzene ring substituents is 2. The minimum atomic E-state index is -3.98. The van der Waals surface area contributed by atoms with E-state index in [4.69, 9.17) is 0 Å². The summed E-state index contributed by atoms with van der Waals surface area (Å²) < 4.78 is 105. The Kier molecular flexibility index (Phi) is 21.3. The number of sulfonamides is 4. The van der Waals surface area contributed by atoms with Crippen LogP contribution in [0.25, 0.3) is 22.3 Å². The Bertz CT molecular complexity index is 5600. The van der Waals surface area contributed by atoms with Crippen molar-refractivity contribution in [1.29, 1.82) is 0 Å². The topological polar surface area (TPSA) is 431 Å². The molecule has 0 spiro atoms. The lowest BCUT2D eigenvalue weighted by molar-refractivity contribution is -0.385. The van der Waals surface area contributed by atoms with E-state index in [2.05, 4.69) is 10.6 Å². The quantitative estimate of drug-likeness (QED) is 0.0661. The van der Waals surface area contributed by atoms with Crippen molar-refractivity contribution in [1.82, 2.24) is 17.2 Å². The van der Waals surface area contributed by atoms with E-state index in [0.717, 1.165) is 54.0 Å². The van der Waals surface area contributed by atoms with Gasteiger partial charge in [0.25, 0.3) is 31.4 Å². The number of anilines is 2. The highest BCUT2D eigenvalue weighted by Gasteiger charge is 2.51. The van der Waals surface area contributed by atoms with Crippen LogP contribution in [0.1, 0.15) is 36.1 Å². The molecule has 6 aromatic carbocycles. The Balaban J connectivity index is 0.000000144. The number of nitro groups is 2. The molecule has 30 nitrogen and oxygen atoms in total. The number of allylic oxidation sites excluding steroid dienone is 4. The molecule has 0 aromatic heterocycles. The van der Waals surface area contributed by atoms with Crippen LogP contribution in [0.4, 0.5) is 22.7 Å². The van der Waals surface area contributed by atoms with Gasteiger partial charge in [-0.15, -0.1) is 0 Å². The van der Waals surface area contributed by atoms with Crippen LogP contribution in [0.3, 0.4) is 0 Å². The number of Topliss-reactive ketones (excluding diaryl/α,β-unsaturated/α-hetero) is 4. The molecule has 2 amide bonds. The summed E-state index contributed by atoms with van der Waals surface area (Å²) in [5.74, 6) is -9.56. The van der Waals surface area contributed by atoms with Gasteiger partial charge in [0.2, 0.25) is 78.1 Å². The monoisotopic (exact) mass is 1540 g/mol. The smallest absolute Gasteiger partial charge is 0.269 e. The molecule has 34 heteroatoms. The van der Waals surface area contributed by atoms with Gasteiger partial charge >= 0.3 is 0 Å². The molecule has 0 saturated heterocycles. The third kappa shape index (κ3) is 15.4. The van der Waals surface area contributed by atoms with Gasteiger partial charge in [-0.2, -0.15) is 0 Å². The summed E-state index contributed by atoms with van der Waals surface area (Å²) in [7, 11) is -15.1. The Hall–Kier alpha value is -12.7. The van der Waals surface area contributed by atoms with E-state index < -0.39 is 144 Å². The minimum Gasteiger partial charge on any atom is -0.326 e. The number of rotatable bonds is 14. The Morgan fingerprint density at radius 1 is 0.352 bits per heavy atom. The summed E-state index contributed by atoms with van der Waals surface area (Å²) in [5, 5.41) is 26.9. The predicted octanol–water partition coefficient (Wildman–Crippen LogP) is 6.57. The van der Waals surface area contributed by atoms with Crippen LogP contribution >= 0.6 is 0 Å². The fourth-order valence-electron chi connectivity index (χ4n) is 13.2. The van der Waals surface area contributed by atoms with E-state index >= 15 is 0 Å². The summed E-state index contributed by atoms with van der Waals surface area (Å²) in [6.45, 7) is 2.78. The lowest BCUT2D eigenvalue weighted by atomic mass is 9.82. The number of benzene rings is 6. The fraction of sp³-hybridized carbons (Fsp3) is 0.162. The highest BCUT2D eigenvalue weighted by Crippen LogP contribution is 2.46. The first-order chi connectivity index (χ1) is 51.0. The molecule has 0 bridgehead atoms. The van der Waals surface area contributed by atoms with Gasteiger partial charge in [0.1, 0.15) is 0 Å². The molecule has 14 rings (SSSR count). The van der Waals surface area contributed by atoms with Gasteiger partial charge in [-0.05, 0) is 142 Å². The molecule has 0 radical (unpaired) electrons. The molecular weight excluding hydrogens is 1480 g/mol. The molecule has 6 aromatic rings. The van der Waals surface area contributed by atoms with Gasteiger partial charge in [-0.25, -0.2) is 33.7 Å². The second-order valence-corrected chi connectivity index (χ2v) is 32.6. The highest BCUT2D eigenvalue weighted by atomic mass is 32.2. The zero-order chi connectivity index (χ0) is 78.2. The van der Waals surface area contributed by atoms with Crippen molar-refractivity contribution in [2.45, 2.75) is 47.8 Å². The molecule has 4 aliphatic heterocycles. The van der Waals surface area contributed by atoms with Crippen LogP contribution in [-0.2, 0) is 88.0 Å². The van der Waals surface area contributed by atoms with Crippen LogP contribution in [0.5, 0.6) is 0 Å². The van der Waals surface area contributed by atoms with Gasteiger partial charge in [0.05, 0.1) is 80.0 Å². The van der Waals surface area contributed by atoms with Crippen molar-refractivity contribution in [2.75, 3.05) is 23.1 Å². The Labute approximate surface area is 616 Å². The van der Waals surface area contributed by atoms with Crippen LogP contribution in [0, 0.1) is 43.9 Å². The number of fused-ring (bicyclic) bond motifs is 4. The van der Waals surface area contributed by atoms with Gasteiger partial charge in [-0.3, -0.25) is 85.4 Å². The summed E-state index contributed by atoms with van der Waals surface area (Å²) >= 11 is 0. The fourth-order valence-corrected chi connectivity index (χ4v) is 18.1. The number of ketones is 8. The first-order valence-electron chi connectivity index (χ1n) is 32.3. The van der Waals surface area contributed by atoms with Crippen molar-refractivity contribution < 1.29 is 91.5 Å². The number of hydrogen-bond donors (Lipinski definition) is 2. The lowest BCUT2D eigenvalue weighted by Crippen LogP contribution is -2.42. The van der Waals surface area contributed by atoms with E-state index in [-0.39, 0.29) is 33.0 Å². The average Bonchev–Trinajstić information content (AvgIpc) is 1.61. The summed E-state index contributed by atoms with van der Waals surface area (Å²) in [4.78, 5) is 140. The molecule has 0 saturated carbocycles. The molecule has 4 heterocycles. The van der Waals surface area contributed by atoms with Crippen LogP contribution < -0.4 is 10.6 Å². The third-order valence-electron chi connectivity index (χ3n) is 18.1. The molecular formula is C74H60N8O22S4. The molecule has 4 aliphatic carbocycles. The first kappa shape index (κ1) is 76.5. The highest BCUT2D eigenvalue weighted by molar-refractivity contribution is 7.89. The van der Waals surface area contributed by atoms with Crippen LogP contribution in [0.2, 0.25) is 0 Å². The molecule has 552 valence electrons. The van der Waals surface area contributed by atoms with E-state index in [1.807, 2.05) is 0 Å². The maximum absolute atomic E-state index is 13.2. The number of carbonyl (C=O) groups is 10. The number of non-ortho nitro benzene ring substituents is 2. The minimum absolute atomic E-state index is 0.0534. The van der Waals surface area contributed by atoms with Gasteiger partial charge in [0.15, 0.2) is 0 Å². The van der Waals surface area contributed by atoms with Crippen molar-refractivity contribution in [2.24, 2.45) is 23.7 Å². The Morgan fingerprint density at radius 2 is 0.583 bits per heavy atom. The number of amides is 2. The number of carbonyl (C=O) groups excluding carboxylic acids is 10. The second kappa shape index (κ2) is 30.1. The number of nitrogens with one attached hydrogen (secondary N) is 2. The number of hydrogen-bond acceptors (Lipinski definition) is 22. The zero-order valence-corrected chi connectivity index (χ0v) is 60.1. The van der Waals surface area contributed by atoms with Crippen molar-refractivity contribution >= 4 is 143 Å². The van der Waals surface area contributed by atoms with Crippen molar-refractivity contribution in [3.63, 3.8) is 0 Å². The Morgan fingerprint density at radius 3 is 0.815 bits per heavy atom. The molecule has 8 unspecified atom stereocenters. The third-order valence-corrected chi connectivity index (χ3v) is 23.9. The maximum atomic E-state index is 13.2. The molecule has 0 fully saturated rings. The van der Waals surface area contributed by atoms with E-state index in [1.165, 1.54) is 136 Å². The van der Waals surface area contributed by atoms with Crippen molar-refractivity contribution in [3.8, 4) is 0 Å². The standard InChI is InChI=1S/C22H18N2O5S.C20H14N2O6S.C17H16N2O5S.C15H12N2O6S/c1-14(25)23-16-9-7-15(8-10-16)18-13-24(19-11-12-20(26)22(27)21(18)19)30(28,29)17-5-3-2-4-6-17;23-18-11-10-17-19(20(18)24)16(13-6-8-14(9-7-13)22(25)26)12-21(17)29(27,28)15-4-2-1-3-5-15;1-10(20)18-12-5-3-11(4-6-12)13-9-19(25(2,23)24)14-7-8-15(21)17(22)16(13)14;1-24(22,23)16-8-11(9-2-4-10(5-3-9)17(20)21)14-12(16)6-7-13(18)15(14)19/h2-13,19,21H,1H3,(H,23,25);1-12,17,19H;3-9,14,16H,1-2H3,(H,18,20);2-8,12,14H,1H3. The molecule has 2 N–H and O–H groups in total. The maximum Gasteiger partial charge on any atom is 0.269 e. The van der Waals surface area contributed by atoms with E-state index in [0.29, 0.717) is 55.9 Å². The molecule has 8 atom stereocenters. The van der Waals surface area contributed by atoms with Gasteiger partial charge < -0.3 is 10.6 Å². The van der Waals surface area contributed by atoms with Crippen LogP contribution in [0.15, 0.2) is 241 Å². The summed E-state index contributed by atoms with van der Waals surface area (Å²) in [6.07, 6.45) is 17.7. The average molecular weight is 1540 g/mol. The lowest BCUT2D eigenvalue weighted by Gasteiger charge is -2.28. The first-order valence-corrected chi connectivity index (χ1v) is 38.9.